The molecule has 2 heterocycles. The summed E-state index contributed by atoms with van der Waals surface area (Å²) in [4.78, 5) is 13.5. The normalized spacial score (nSPS) is 31.6. The van der Waals surface area contributed by atoms with Gasteiger partial charge in [0.2, 0.25) is 5.91 Å². The van der Waals surface area contributed by atoms with Crippen LogP contribution in [0, 0.1) is 5.92 Å². The Bertz CT molecular complexity index is 206. The quantitative estimate of drug-likeness (QED) is 0.670. The molecule has 1 N–H and O–H groups in total. The van der Waals surface area contributed by atoms with E-state index in [0.717, 1.165) is 19.6 Å². The standard InChI is InChI=1S/C10H18N2O2/c1-14-7-10(13)12-5-8-3-2-4-11-9(8)6-12/h8-9,11H,2-7H2,1H3/t8-,9+/m0/s1. The molecule has 0 unspecified atom stereocenters. The van der Waals surface area contributed by atoms with Gasteiger partial charge < -0.3 is 15.0 Å². The first-order valence-electron chi connectivity index (χ1n) is 5.31. The van der Waals surface area contributed by atoms with Gasteiger partial charge in [0, 0.05) is 26.2 Å². The van der Waals surface area contributed by atoms with E-state index < -0.39 is 0 Å². The maximum atomic E-state index is 11.6. The minimum atomic E-state index is 0.128. The zero-order chi connectivity index (χ0) is 9.97. The minimum Gasteiger partial charge on any atom is -0.375 e. The van der Waals surface area contributed by atoms with E-state index in [1.165, 1.54) is 12.8 Å². The lowest BCUT2D eigenvalue weighted by Crippen LogP contribution is -2.41. The summed E-state index contributed by atoms with van der Waals surface area (Å²) in [5.74, 6) is 0.799. The highest BCUT2D eigenvalue weighted by atomic mass is 16.5. The summed E-state index contributed by atoms with van der Waals surface area (Å²) in [5.41, 5.74) is 0. The number of hydrogen-bond donors (Lipinski definition) is 1. The van der Waals surface area contributed by atoms with Gasteiger partial charge in [0.05, 0.1) is 0 Å². The molecule has 2 fully saturated rings. The Morgan fingerprint density at radius 1 is 1.57 bits per heavy atom. The van der Waals surface area contributed by atoms with Crippen molar-refractivity contribution in [2.75, 3.05) is 33.4 Å². The van der Waals surface area contributed by atoms with Crippen molar-refractivity contribution in [2.45, 2.75) is 18.9 Å². The SMILES string of the molecule is COCC(=O)N1C[C@@H]2CCCN[C@@H]2C1. The second-order valence-electron chi connectivity index (χ2n) is 4.19. The molecule has 80 valence electrons. The zero-order valence-electron chi connectivity index (χ0n) is 8.66. The van der Waals surface area contributed by atoms with E-state index in [9.17, 15) is 4.79 Å². The number of carbonyl (C=O) groups is 1. The van der Waals surface area contributed by atoms with Gasteiger partial charge >= 0.3 is 0 Å². The van der Waals surface area contributed by atoms with E-state index in [0.29, 0.717) is 12.0 Å². The van der Waals surface area contributed by atoms with Crippen LogP contribution in [0.15, 0.2) is 0 Å². The number of likely N-dealkylation sites (tertiary alicyclic amines) is 1. The summed E-state index contributed by atoms with van der Waals surface area (Å²) < 4.78 is 4.86. The molecule has 2 rings (SSSR count). The van der Waals surface area contributed by atoms with Crippen molar-refractivity contribution in [3.8, 4) is 0 Å². The number of piperidine rings is 1. The second kappa shape index (κ2) is 4.28. The number of methoxy groups -OCH3 is 1. The summed E-state index contributed by atoms with van der Waals surface area (Å²) in [6.45, 7) is 3.11. The third-order valence-electron chi connectivity index (χ3n) is 3.22. The Balaban J connectivity index is 1.89. The number of nitrogens with zero attached hydrogens (tertiary/aromatic N) is 1. The molecule has 0 saturated carbocycles. The lowest BCUT2D eigenvalue weighted by molar-refractivity contribution is -0.134. The van der Waals surface area contributed by atoms with Crippen LogP contribution in [0.5, 0.6) is 0 Å². The van der Waals surface area contributed by atoms with E-state index in [1.54, 1.807) is 7.11 Å². The van der Waals surface area contributed by atoms with Crippen LogP contribution in [0.1, 0.15) is 12.8 Å². The fourth-order valence-electron chi connectivity index (χ4n) is 2.47. The predicted octanol–water partition coefficient (Wildman–Crippen LogP) is -0.157. The Morgan fingerprint density at radius 3 is 3.14 bits per heavy atom. The van der Waals surface area contributed by atoms with Crippen LogP contribution in [-0.4, -0.2) is 50.2 Å². The van der Waals surface area contributed by atoms with Crippen LogP contribution < -0.4 is 5.32 Å². The van der Waals surface area contributed by atoms with Crippen molar-refractivity contribution in [3.05, 3.63) is 0 Å². The molecule has 0 aromatic rings. The Kier molecular flexibility index (Phi) is 3.03. The molecular weight excluding hydrogens is 180 g/mol. The number of carbonyl (C=O) groups excluding carboxylic acids is 1. The van der Waals surface area contributed by atoms with Crippen LogP contribution in [0.3, 0.4) is 0 Å². The molecule has 0 aliphatic carbocycles. The largest absolute Gasteiger partial charge is 0.375 e. The molecule has 0 aromatic carbocycles. The first-order valence-corrected chi connectivity index (χ1v) is 5.31. The molecule has 2 atom stereocenters. The van der Waals surface area contributed by atoms with E-state index in [4.69, 9.17) is 4.74 Å². The van der Waals surface area contributed by atoms with Gasteiger partial charge in [-0.15, -0.1) is 0 Å². The lowest BCUT2D eigenvalue weighted by Gasteiger charge is -2.24. The summed E-state index contributed by atoms with van der Waals surface area (Å²) in [6, 6.07) is 0.532. The number of rotatable bonds is 2. The van der Waals surface area contributed by atoms with Gasteiger partial charge in [-0.25, -0.2) is 0 Å². The number of fused-ring (bicyclic) bond motifs is 1. The van der Waals surface area contributed by atoms with Crippen molar-refractivity contribution in [3.63, 3.8) is 0 Å². The topological polar surface area (TPSA) is 41.6 Å². The van der Waals surface area contributed by atoms with Crippen molar-refractivity contribution in [1.82, 2.24) is 10.2 Å². The average molecular weight is 198 g/mol. The van der Waals surface area contributed by atoms with Crippen LogP contribution in [0.25, 0.3) is 0 Å². The summed E-state index contributed by atoms with van der Waals surface area (Å²) in [6.07, 6.45) is 2.50. The lowest BCUT2D eigenvalue weighted by atomic mass is 9.94. The van der Waals surface area contributed by atoms with Crippen LogP contribution in [0.4, 0.5) is 0 Å². The molecular formula is C10H18N2O2. The highest BCUT2D eigenvalue weighted by Gasteiger charge is 2.35. The smallest absolute Gasteiger partial charge is 0.248 e. The number of nitrogens with one attached hydrogen (secondary N) is 1. The zero-order valence-corrected chi connectivity index (χ0v) is 8.66. The maximum absolute atomic E-state index is 11.6. The van der Waals surface area contributed by atoms with Crippen LogP contribution >= 0.6 is 0 Å². The molecule has 0 bridgehead atoms. The minimum absolute atomic E-state index is 0.128. The summed E-state index contributed by atoms with van der Waals surface area (Å²) in [5, 5.41) is 3.47. The van der Waals surface area contributed by atoms with Gasteiger partial charge in [-0.1, -0.05) is 0 Å². The van der Waals surface area contributed by atoms with E-state index in [1.807, 2.05) is 4.90 Å². The molecule has 4 nitrogen and oxygen atoms in total. The van der Waals surface area contributed by atoms with Gasteiger partial charge in [0.25, 0.3) is 0 Å². The van der Waals surface area contributed by atoms with Crippen LogP contribution in [-0.2, 0) is 9.53 Å². The van der Waals surface area contributed by atoms with Crippen molar-refractivity contribution >= 4 is 5.91 Å². The Labute approximate surface area is 84.6 Å². The third-order valence-corrected chi connectivity index (χ3v) is 3.22. The molecule has 2 saturated heterocycles. The predicted molar refractivity (Wildman–Crippen MR) is 53.0 cm³/mol. The highest BCUT2D eigenvalue weighted by molar-refractivity contribution is 5.77. The Morgan fingerprint density at radius 2 is 2.43 bits per heavy atom. The summed E-state index contributed by atoms with van der Waals surface area (Å²) >= 11 is 0. The van der Waals surface area contributed by atoms with Crippen molar-refractivity contribution in [2.24, 2.45) is 5.92 Å². The number of hydrogen-bond acceptors (Lipinski definition) is 3. The first kappa shape index (κ1) is 9.93. The summed E-state index contributed by atoms with van der Waals surface area (Å²) in [7, 11) is 1.57. The van der Waals surface area contributed by atoms with E-state index in [-0.39, 0.29) is 12.5 Å². The number of ether oxygens (including phenoxy) is 1. The fourth-order valence-corrected chi connectivity index (χ4v) is 2.47. The van der Waals surface area contributed by atoms with E-state index >= 15 is 0 Å². The molecule has 0 radical (unpaired) electrons. The van der Waals surface area contributed by atoms with Gasteiger partial charge in [0.1, 0.15) is 6.61 Å². The molecule has 2 aliphatic heterocycles. The average Bonchev–Trinajstić information content (AvgIpc) is 2.61. The van der Waals surface area contributed by atoms with Crippen LogP contribution in [0.2, 0.25) is 0 Å². The van der Waals surface area contributed by atoms with Crippen molar-refractivity contribution in [1.29, 1.82) is 0 Å². The first-order chi connectivity index (χ1) is 6.81. The van der Waals surface area contributed by atoms with Gasteiger partial charge in [-0.3, -0.25) is 4.79 Å². The molecule has 2 aliphatic rings. The molecule has 0 spiro atoms. The molecule has 0 aromatic heterocycles. The maximum Gasteiger partial charge on any atom is 0.248 e. The van der Waals surface area contributed by atoms with Gasteiger partial charge in [-0.05, 0) is 25.3 Å². The second-order valence-corrected chi connectivity index (χ2v) is 4.19. The molecule has 4 heteroatoms. The van der Waals surface area contributed by atoms with Gasteiger partial charge in [-0.2, -0.15) is 0 Å². The van der Waals surface area contributed by atoms with Crippen molar-refractivity contribution < 1.29 is 9.53 Å². The molecule has 1 amide bonds. The number of amides is 1. The molecule has 14 heavy (non-hydrogen) atoms. The van der Waals surface area contributed by atoms with Gasteiger partial charge in [0.15, 0.2) is 0 Å². The monoisotopic (exact) mass is 198 g/mol. The third kappa shape index (κ3) is 1.91. The Hall–Kier alpha value is -0.610. The highest BCUT2D eigenvalue weighted by Crippen LogP contribution is 2.24. The fraction of sp³-hybridized carbons (Fsp3) is 0.900. The van der Waals surface area contributed by atoms with E-state index in [2.05, 4.69) is 5.32 Å².